The molecule has 1 aliphatic heterocycles. The molecule has 0 radical (unpaired) electrons. The lowest BCUT2D eigenvalue weighted by molar-refractivity contribution is 0.0992. The predicted octanol–water partition coefficient (Wildman–Crippen LogP) is 0.699. The molecule has 9 heteroatoms. The molecule has 3 rings (SSSR count). The van der Waals surface area contributed by atoms with Crippen molar-refractivity contribution in [3.8, 4) is 0 Å². The highest BCUT2D eigenvalue weighted by molar-refractivity contribution is 7.89. The predicted molar refractivity (Wildman–Crippen MR) is 93.7 cm³/mol. The van der Waals surface area contributed by atoms with Crippen molar-refractivity contribution in [2.45, 2.75) is 36.6 Å². The number of sulfonamides is 1. The van der Waals surface area contributed by atoms with Crippen LogP contribution in [0.5, 0.6) is 0 Å². The molecule has 2 aliphatic rings. The van der Waals surface area contributed by atoms with E-state index < -0.39 is 15.9 Å². The van der Waals surface area contributed by atoms with Crippen LogP contribution < -0.4 is 11.1 Å². The Labute approximate surface area is 149 Å². The highest BCUT2D eigenvalue weighted by Crippen LogP contribution is 2.28. The molecule has 24 heavy (non-hydrogen) atoms. The average Bonchev–Trinajstić information content (AvgIpc) is 3.25. The Morgan fingerprint density at radius 1 is 1.29 bits per heavy atom. The van der Waals surface area contributed by atoms with Crippen LogP contribution in [0.1, 0.15) is 36.2 Å². The zero-order valence-electron chi connectivity index (χ0n) is 13.8. The van der Waals surface area contributed by atoms with Crippen molar-refractivity contribution in [2.75, 3.05) is 19.6 Å². The summed E-state index contributed by atoms with van der Waals surface area (Å²) >= 11 is 0. The third-order valence-corrected chi connectivity index (χ3v) is 6.58. The van der Waals surface area contributed by atoms with E-state index in [1.165, 1.54) is 34.0 Å². The fourth-order valence-electron chi connectivity index (χ4n) is 3.02. The Morgan fingerprint density at radius 2 is 1.92 bits per heavy atom. The second-order valence-corrected chi connectivity index (χ2v) is 8.50. The summed E-state index contributed by atoms with van der Waals surface area (Å²) in [4.78, 5) is 11.4. The number of rotatable bonds is 6. The van der Waals surface area contributed by atoms with Gasteiger partial charge in [0.2, 0.25) is 10.0 Å². The van der Waals surface area contributed by atoms with Crippen molar-refractivity contribution in [2.24, 2.45) is 18.7 Å². The van der Waals surface area contributed by atoms with E-state index in [1.54, 1.807) is 7.05 Å². The zero-order valence-corrected chi connectivity index (χ0v) is 15.4. The SMILES string of the molecule is Cl.Cn1cc(S(=O)(=O)N2CCC(NCC3CC3)CC2)cc1C(N)=O. The monoisotopic (exact) mass is 376 g/mol. The van der Waals surface area contributed by atoms with Crippen LogP contribution >= 0.6 is 12.4 Å². The first-order valence-electron chi connectivity index (χ1n) is 8.07. The zero-order chi connectivity index (χ0) is 16.6. The number of carbonyl (C=O) groups excluding carboxylic acids is 1. The number of hydrogen-bond donors (Lipinski definition) is 2. The molecule has 7 nitrogen and oxygen atoms in total. The summed E-state index contributed by atoms with van der Waals surface area (Å²) in [6.07, 6.45) is 5.72. The normalized spacial score (nSPS) is 19.9. The second-order valence-electron chi connectivity index (χ2n) is 6.57. The van der Waals surface area contributed by atoms with Crippen molar-refractivity contribution >= 4 is 28.3 Å². The van der Waals surface area contributed by atoms with Crippen LogP contribution in [0.2, 0.25) is 0 Å². The number of primary amides is 1. The Balaban J connectivity index is 0.00000208. The van der Waals surface area contributed by atoms with Gasteiger partial charge in [-0.1, -0.05) is 0 Å². The summed E-state index contributed by atoms with van der Waals surface area (Å²) in [7, 11) is -1.94. The molecular weight excluding hydrogens is 352 g/mol. The number of nitrogens with two attached hydrogens (primary N) is 1. The molecule has 0 spiro atoms. The van der Waals surface area contributed by atoms with Gasteiger partial charge < -0.3 is 15.6 Å². The lowest BCUT2D eigenvalue weighted by Crippen LogP contribution is -2.45. The molecule has 0 atom stereocenters. The van der Waals surface area contributed by atoms with Crippen LogP contribution in [-0.4, -0.2) is 48.9 Å². The number of aromatic nitrogens is 1. The average molecular weight is 377 g/mol. The van der Waals surface area contributed by atoms with Gasteiger partial charge in [0.25, 0.3) is 5.91 Å². The van der Waals surface area contributed by atoms with Gasteiger partial charge in [-0.05, 0) is 44.2 Å². The maximum absolute atomic E-state index is 12.7. The smallest absolute Gasteiger partial charge is 0.265 e. The largest absolute Gasteiger partial charge is 0.364 e. The highest BCUT2D eigenvalue weighted by atomic mass is 35.5. The van der Waals surface area contributed by atoms with Crippen LogP contribution in [-0.2, 0) is 17.1 Å². The maximum atomic E-state index is 12.7. The summed E-state index contributed by atoms with van der Waals surface area (Å²) < 4.78 is 28.4. The number of hydrogen-bond acceptors (Lipinski definition) is 4. The quantitative estimate of drug-likeness (QED) is 0.763. The number of carbonyl (C=O) groups is 1. The summed E-state index contributed by atoms with van der Waals surface area (Å²) in [5.74, 6) is 0.199. The molecule has 2 fully saturated rings. The maximum Gasteiger partial charge on any atom is 0.265 e. The van der Waals surface area contributed by atoms with Gasteiger partial charge in [-0.3, -0.25) is 4.79 Å². The van der Waals surface area contributed by atoms with E-state index in [2.05, 4.69) is 5.32 Å². The standard InChI is InChI=1S/C15H24N4O3S.ClH/c1-18-10-13(8-14(18)15(16)20)23(21,22)19-6-4-12(5-7-19)17-9-11-2-3-11;/h8,10-12,17H,2-7,9H2,1H3,(H2,16,20);1H. The third kappa shape index (κ3) is 4.11. The summed E-state index contributed by atoms with van der Waals surface area (Å²) in [5.41, 5.74) is 5.45. The molecule has 2 heterocycles. The van der Waals surface area contributed by atoms with E-state index in [4.69, 9.17) is 5.73 Å². The van der Waals surface area contributed by atoms with Gasteiger partial charge in [-0.15, -0.1) is 12.4 Å². The molecule has 1 amide bonds. The van der Waals surface area contributed by atoms with Crippen LogP contribution in [0, 0.1) is 5.92 Å². The van der Waals surface area contributed by atoms with Gasteiger partial charge in [0.15, 0.2) is 0 Å². The van der Waals surface area contributed by atoms with E-state index in [0.717, 1.165) is 25.3 Å². The van der Waals surface area contributed by atoms with Gasteiger partial charge in [0, 0.05) is 32.4 Å². The molecule has 0 bridgehead atoms. The molecule has 1 aromatic heterocycles. The van der Waals surface area contributed by atoms with Crippen LogP contribution in [0.25, 0.3) is 0 Å². The fraction of sp³-hybridized carbons (Fsp3) is 0.667. The van der Waals surface area contributed by atoms with Crippen molar-refractivity contribution in [1.29, 1.82) is 0 Å². The number of aryl methyl sites for hydroxylation is 1. The Kier molecular flexibility index (Phi) is 5.95. The minimum absolute atomic E-state index is 0. The van der Waals surface area contributed by atoms with E-state index in [9.17, 15) is 13.2 Å². The number of nitrogens with one attached hydrogen (secondary N) is 1. The Hall–Kier alpha value is -1.09. The van der Waals surface area contributed by atoms with Gasteiger partial charge >= 0.3 is 0 Å². The molecule has 1 saturated heterocycles. The lowest BCUT2D eigenvalue weighted by Gasteiger charge is -2.31. The van der Waals surface area contributed by atoms with Crippen LogP contribution in [0.4, 0.5) is 0 Å². The molecular formula is C15H25ClN4O3S. The fourth-order valence-corrected chi connectivity index (χ4v) is 4.57. The molecule has 1 aliphatic carbocycles. The lowest BCUT2D eigenvalue weighted by atomic mass is 10.1. The number of piperidine rings is 1. The topological polar surface area (TPSA) is 97.4 Å². The van der Waals surface area contributed by atoms with Crippen molar-refractivity contribution in [1.82, 2.24) is 14.2 Å². The van der Waals surface area contributed by atoms with Gasteiger partial charge in [-0.25, -0.2) is 8.42 Å². The molecule has 1 aromatic rings. The van der Waals surface area contributed by atoms with Crippen molar-refractivity contribution in [3.05, 3.63) is 18.0 Å². The summed E-state index contributed by atoms with van der Waals surface area (Å²) in [5, 5.41) is 3.54. The summed E-state index contributed by atoms with van der Waals surface area (Å²) in [6.45, 7) is 2.06. The van der Waals surface area contributed by atoms with E-state index in [1.807, 2.05) is 0 Å². The minimum Gasteiger partial charge on any atom is -0.364 e. The van der Waals surface area contributed by atoms with Crippen molar-refractivity contribution < 1.29 is 13.2 Å². The van der Waals surface area contributed by atoms with Crippen LogP contribution in [0.3, 0.4) is 0 Å². The first-order valence-corrected chi connectivity index (χ1v) is 9.51. The number of amides is 1. The second kappa shape index (κ2) is 7.43. The first-order chi connectivity index (χ1) is 10.9. The minimum atomic E-state index is -3.56. The molecule has 0 aromatic carbocycles. The Morgan fingerprint density at radius 3 is 2.42 bits per heavy atom. The van der Waals surface area contributed by atoms with E-state index in [0.29, 0.717) is 19.1 Å². The van der Waals surface area contributed by atoms with E-state index >= 15 is 0 Å². The van der Waals surface area contributed by atoms with E-state index in [-0.39, 0.29) is 23.0 Å². The summed E-state index contributed by atoms with van der Waals surface area (Å²) in [6, 6.07) is 1.76. The third-order valence-electron chi connectivity index (χ3n) is 4.72. The van der Waals surface area contributed by atoms with Gasteiger partial charge in [-0.2, -0.15) is 4.31 Å². The molecule has 1 saturated carbocycles. The Bertz CT molecular complexity index is 692. The van der Waals surface area contributed by atoms with Gasteiger partial charge in [0.1, 0.15) is 10.6 Å². The van der Waals surface area contributed by atoms with Gasteiger partial charge in [0.05, 0.1) is 0 Å². The highest BCUT2D eigenvalue weighted by Gasteiger charge is 2.31. The van der Waals surface area contributed by atoms with Crippen LogP contribution in [0.15, 0.2) is 17.2 Å². The molecule has 3 N–H and O–H groups in total. The molecule has 136 valence electrons. The molecule has 0 unspecified atom stereocenters. The number of nitrogens with zero attached hydrogens (tertiary/aromatic N) is 2. The first kappa shape index (κ1) is 19.2. The number of halogens is 1. The van der Waals surface area contributed by atoms with Crippen molar-refractivity contribution in [3.63, 3.8) is 0 Å².